The predicted molar refractivity (Wildman–Crippen MR) is 53.8 cm³/mol. The van der Waals surface area contributed by atoms with Crippen molar-refractivity contribution >= 4 is 11.6 Å². The van der Waals surface area contributed by atoms with E-state index in [1.54, 1.807) is 6.07 Å². The van der Waals surface area contributed by atoms with E-state index in [1.165, 1.54) is 6.07 Å². The first kappa shape index (κ1) is 10.5. The van der Waals surface area contributed by atoms with Crippen LogP contribution in [0, 0.1) is 12.7 Å². The summed E-state index contributed by atoms with van der Waals surface area (Å²) in [6, 6.07) is 2.89. The fraction of sp³-hybridized carbons (Fsp3) is 0.400. The topological polar surface area (TPSA) is 12.0 Å². The van der Waals surface area contributed by atoms with E-state index in [0.717, 1.165) is 24.1 Å². The molecule has 0 spiro atoms. The summed E-state index contributed by atoms with van der Waals surface area (Å²) in [6.07, 6.45) is 0.805. The summed E-state index contributed by atoms with van der Waals surface area (Å²) in [6.45, 7) is 2.74. The molecule has 0 atom stereocenters. The predicted octanol–water partition coefficient (Wildman–Crippen LogP) is 2.55. The Hall–Kier alpha value is -0.600. The first-order valence-corrected chi connectivity index (χ1v) is 4.62. The molecule has 0 fully saturated rings. The molecule has 0 heterocycles. The Morgan fingerprint density at radius 3 is 2.77 bits per heavy atom. The zero-order valence-corrected chi connectivity index (χ0v) is 8.58. The van der Waals surface area contributed by atoms with Crippen LogP contribution in [0.4, 0.5) is 4.39 Å². The molecule has 0 amide bonds. The molecular formula is C10H13ClFN. The van der Waals surface area contributed by atoms with E-state index in [2.05, 4.69) is 5.32 Å². The molecule has 0 saturated heterocycles. The Labute approximate surface area is 82.9 Å². The quantitative estimate of drug-likeness (QED) is 0.793. The summed E-state index contributed by atoms with van der Waals surface area (Å²) >= 11 is 5.84. The van der Waals surface area contributed by atoms with Gasteiger partial charge in [-0.25, -0.2) is 4.39 Å². The highest BCUT2D eigenvalue weighted by Crippen LogP contribution is 2.21. The molecule has 0 aliphatic carbocycles. The summed E-state index contributed by atoms with van der Waals surface area (Å²) in [7, 11) is 1.87. The Morgan fingerprint density at radius 1 is 1.46 bits per heavy atom. The Balaban J connectivity index is 2.92. The lowest BCUT2D eigenvalue weighted by Crippen LogP contribution is -2.11. The van der Waals surface area contributed by atoms with Crippen LogP contribution < -0.4 is 5.32 Å². The summed E-state index contributed by atoms with van der Waals surface area (Å²) in [5.74, 6) is -0.262. The van der Waals surface area contributed by atoms with Crippen molar-refractivity contribution in [1.29, 1.82) is 0 Å². The number of hydrogen-bond acceptors (Lipinski definition) is 1. The van der Waals surface area contributed by atoms with E-state index < -0.39 is 0 Å². The molecule has 3 heteroatoms. The molecule has 0 saturated carbocycles. The van der Waals surface area contributed by atoms with Crippen molar-refractivity contribution < 1.29 is 4.39 Å². The fourth-order valence-electron chi connectivity index (χ4n) is 1.22. The average molecular weight is 202 g/mol. The highest BCUT2D eigenvalue weighted by molar-refractivity contribution is 6.31. The lowest BCUT2D eigenvalue weighted by molar-refractivity contribution is 0.624. The minimum Gasteiger partial charge on any atom is -0.319 e. The van der Waals surface area contributed by atoms with Crippen LogP contribution in [0.1, 0.15) is 11.1 Å². The van der Waals surface area contributed by atoms with Gasteiger partial charge in [-0.1, -0.05) is 11.6 Å². The third-order valence-corrected chi connectivity index (χ3v) is 2.45. The third kappa shape index (κ3) is 2.68. The monoisotopic (exact) mass is 201 g/mol. The number of likely N-dealkylation sites (N-methyl/N-ethyl adjacent to an activating group) is 1. The molecule has 1 rings (SSSR count). The van der Waals surface area contributed by atoms with Crippen LogP contribution in [0.2, 0.25) is 5.02 Å². The van der Waals surface area contributed by atoms with Crippen LogP contribution in [0.15, 0.2) is 12.1 Å². The van der Waals surface area contributed by atoms with E-state index in [4.69, 9.17) is 11.6 Å². The van der Waals surface area contributed by atoms with Crippen molar-refractivity contribution in [3.63, 3.8) is 0 Å². The van der Waals surface area contributed by atoms with Crippen LogP contribution in [0.5, 0.6) is 0 Å². The number of benzene rings is 1. The van der Waals surface area contributed by atoms with Gasteiger partial charge in [0.25, 0.3) is 0 Å². The van der Waals surface area contributed by atoms with Gasteiger partial charge in [-0.15, -0.1) is 0 Å². The first-order valence-electron chi connectivity index (χ1n) is 4.24. The van der Waals surface area contributed by atoms with Crippen molar-refractivity contribution in [2.24, 2.45) is 0 Å². The van der Waals surface area contributed by atoms with E-state index in [9.17, 15) is 4.39 Å². The van der Waals surface area contributed by atoms with Gasteiger partial charge in [0.05, 0.1) is 0 Å². The molecule has 1 aromatic rings. The van der Waals surface area contributed by atoms with Gasteiger partial charge in [0, 0.05) is 5.02 Å². The fourth-order valence-corrected chi connectivity index (χ4v) is 1.44. The molecule has 1 N–H and O–H groups in total. The van der Waals surface area contributed by atoms with Crippen LogP contribution in [-0.4, -0.2) is 13.6 Å². The molecule has 0 radical (unpaired) electrons. The second-order valence-electron chi connectivity index (χ2n) is 3.03. The van der Waals surface area contributed by atoms with Crippen molar-refractivity contribution in [2.45, 2.75) is 13.3 Å². The molecule has 0 aliphatic rings. The van der Waals surface area contributed by atoms with Gasteiger partial charge < -0.3 is 5.32 Å². The van der Waals surface area contributed by atoms with Crippen LogP contribution >= 0.6 is 11.6 Å². The summed E-state index contributed by atoms with van der Waals surface area (Å²) in [5, 5.41) is 3.52. The van der Waals surface area contributed by atoms with Gasteiger partial charge in [0.1, 0.15) is 5.82 Å². The minimum absolute atomic E-state index is 0.262. The van der Waals surface area contributed by atoms with E-state index in [1.807, 2.05) is 14.0 Å². The Morgan fingerprint density at radius 2 is 2.15 bits per heavy atom. The maximum atomic E-state index is 12.9. The molecule has 0 aliphatic heterocycles. The second kappa shape index (κ2) is 4.58. The van der Waals surface area contributed by atoms with Gasteiger partial charge in [-0.2, -0.15) is 0 Å². The maximum absolute atomic E-state index is 12.9. The molecule has 72 valence electrons. The second-order valence-corrected chi connectivity index (χ2v) is 3.43. The largest absolute Gasteiger partial charge is 0.319 e. The van der Waals surface area contributed by atoms with Gasteiger partial charge in [0.2, 0.25) is 0 Å². The molecule has 1 aromatic carbocycles. The maximum Gasteiger partial charge on any atom is 0.124 e. The average Bonchev–Trinajstić information content (AvgIpc) is 2.09. The van der Waals surface area contributed by atoms with Crippen molar-refractivity contribution in [1.82, 2.24) is 5.32 Å². The highest BCUT2D eigenvalue weighted by Gasteiger charge is 2.04. The molecule has 1 nitrogen and oxygen atoms in total. The third-order valence-electron chi connectivity index (χ3n) is 2.06. The molecule has 13 heavy (non-hydrogen) atoms. The lowest BCUT2D eigenvalue weighted by Gasteiger charge is -2.07. The smallest absolute Gasteiger partial charge is 0.124 e. The van der Waals surface area contributed by atoms with Crippen LogP contribution in [0.3, 0.4) is 0 Å². The van der Waals surface area contributed by atoms with Crippen molar-refractivity contribution in [3.8, 4) is 0 Å². The van der Waals surface area contributed by atoms with Crippen molar-refractivity contribution in [2.75, 3.05) is 13.6 Å². The summed E-state index contributed by atoms with van der Waals surface area (Å²) < 4.78 is 12.9. The Kier molecular flexibility index (Phi) is 3.70. The van der Waals surface area contributed by atoms with Crippen molar-refractivity contribution in [3.05, 3.63) is 34.1 Å². The highest BCUT2D eigenvalue weighted by atomic mass is 35.5. The normalized spacial score (nSPS) is 10.5. The van der Waals surface area contributed by atoms with Gasteiger partial charge in [-0.05, 0) is 50.2 Å². The van der Waals surface area contributed by atoms with Crippen LogP contribution in [-0.2, 0) is 6.42 Å². The van der Waals surface area contributed by atoms with Gasteiger partial charge in [-0.3, -0.25) is 0 Å². The summed E-state index contributed by atoms with van der Waals surface area (Å²) in [4.78, 5) is 0. The lowest BCUT2D eigenvalue weighted by atomic mass is 10.1. The standard InChI is InChI=1S/C10H13ClFN/c1-7-8(3-4-13-2)5-9(12)6-10(7)11/h5-6,13H,3-4H2,1-2H3. The zero-order valence-electron chi connectivity index (χ0n) is 7.82. The van der Waals surface area contributed by atoms with Crippen LogP contribution in [0.25, 0.3) is 0 Å². The number of nitrogens with one attached hydrogen (secondary N) is 1. The minimum atomic E-state index is -0.262. The van der Waals surface area contributed by atoms with Gasteiger partial charge >= 0.3 is 0 Å². The van der Waals surface area contributed by atoms with Gasteiger partial charge in [0.15, 0.2) is 0 Å². The Bertz CT molecular complexity index is 299. The first-order chi connectivity index (χ1) is 6.15. The molecule has 0 bridgehead atoms. The SMILES string of the molecule is CNCCc1cc(F)cc(Cl)c1C. The number of rotatable bonds is 3. The van der Waals surface area contributed by atoms with E-state index in [-0.39, 0.29) is 5.82 Å². The molecular weight excluding hydrogens is 189 g/mol. The van der Waals surface area contributed by atoms with E-state index >= 15 is 0 Å². The molecule has 0 unspecified atom stereocenters. The molecule has 0 aromatic heterocycles. The summed E-state index contributed by atoms with van der Waals surface area (Å²) in [5.41, 5.74) is 1.94. The van der Waals surface area contributed by atoms with E-state index in [0.29, 0.717) is 5.02 Å². The zero-order chi connectivity index (χ0) is 9.84. The number of hydrogen-bond donors (Lipinski definition) is 1. The number of halogens is 2.